The topological polar surface area (TPSA) is 82.2 Å². The van der Waals surface area contributed by atoms with E-state index < -0.39 is 0 Å². The Kier molecular flexibility index (Phi) is 6.38. The van der Waals surface area contributed by atoms with Crippen LogP contribution in [0.3, 0.4) is 0 Å². The van der Waals surface area contributed by atoms with Crippen molar-refractivity contribution in [2.24, 2.45) is 5.73 Å². The van der Waals surface area contributed by atoms with Gasteiger partial charge >= 0.3 is 0 Å². The van der Waals surface area contributed by atoms with Crippen LogP contribution in [0.4, 0.5) is 5.82 Å². The van der Waals surface area contributed by atoms with Crippen LogP contribution in [0.1, 0.15) is 19.8 Å². The maximum Gasteiger partial charge on any atom is 0.293 e. The quantitative estimate of drug-likeness (QED) is 0.703. The summed E-state index contributed by atoms with van der Waals surface area (Å²) in [5.41, 5.74) is 5.43. The standard InChI is InChI=1S/C12H22N4O2/c1-3-7-16-8-6-14-11(12(16)17)15-10(4-5-13)9-18-2/h6,8,10H,3-5,7,9,13H2,1-2H3,(H,14,15). The molecule has 0 saturated carbocycles. The summed E-state index contributed by atoms with van der Waals surface area (Å²) in [6.45, 7) is 3.77. The Morgan fingerprint density at radius 2 is 2.39 bits per heavy atom. The Morgan fingerprint density at radius 3 is 3.00 bits per heavy atom. The van der Waals surface area contributed by atoms with Gasteiger partial charge in [-0.25, -0.2) is 4.98 Å². The lowest BCUT2D eigenvalue weighted by atomic mass is 10.2. The van der Waals surface area contributed by atoms with E-state index in [2.05, 4.69) is 10.3 Å². The monoisotopic (exact) mass is 254 g/mol. The second kappa shape index (κ2) is 7.84. The van der Waals surface area contributed by atoms with Gasteiger partial charge in [0.25, 0.3) is 5.56 Å². The minimum Gasteiger partial charge on any atom is -0.383 e. The summed E-state index contributed by atoms with van der Waals surface area (Å²) < 4.78 is 6.75. The van der Waals surface area contributed by atoms with Crippen LogP contribution in [0.25, 0.3) is 0 Å². The van der Waals surface area contributed by atoms with Gasteiger partial charge in [0.2, 0.25) is 0 Å². The van der Waals surface area contributed by atoms with Crippen LogP contribution in [0.15, 0.2) is 17.2 Å². The van der Waals surface area contributed by atoms with E-state index in [0.717, 1.165) is 12.8 Å². The number of nitrogens with two attached hydrogens (primary N) is 1. The molecule has 1 heterocycles. The largest absolute Gasteiger partial charge is 0.383 e. The fourth-order valence-corrected chi connectivity index (χ4v) is 1.76. The van der Waals surface area contributed by atoms with Crippen molar-refractivity contribution in [3.8, 4) is 0 Å². The van der Waals surface area contributed by atoms with Gasteiger partial charge in [0.1, 0.15) is 0 Å². The third-order valence-electron chi connectivity index (χ3n) is 2.60. The van der Waals surface area contributed by atoms with E-state index in [1.165, 1.54) is 0 Å². The van der Waals surface area contributed by atoms with Crippen LogP contribution in [-0.4, -0.2) is 35.9 Å². The predicted molar refractivity (Wildman–Crippen MR) is 71.7 cm³/mol. The normalized spacial score (nSPS) is 12.4. The number of anilines is 1. The van der Waals surface area contributed by atoms with E-state index in [9.17, 15) is 4.79 Å². The molecule has 0 aliphatic carbocycles. The van der Waals surface area contributed by atoms with Crippen LogP contribution in [0.2, 0.25) is 0 Å². The molecule has 0 aliphatic rings. The highest BCUT2D eigenvalue weighted by Gasteiger charge is 2.11. The first-order chi connectivity index (χ1) is 8.72. The van der Waals surface area contributed by atoms with E-state index in [1.807, 2.05) is 6.92 Å². The number of nitrogens with one attached hydrogen (secondary N) is 1. The maximum atomic E-state index is 12.1. The second-order valence-electron chi connectivity index (χ2n) is 4.15. The van der Waals surface area contributed by atoms with Crippen molar-refractivity contribution in [1.82, 2.24) is 9.55 Å². The van der Waals surface area contributed by atoms with Gasteiger partial charge in [-0.3, -0.25) is 4.79 Å². The summed E-state index contributed by atoms with van der Waals surface area (Å²) >= 11 is 0. The Balaban J connectivity index is 2.82. The molecule has 0 bridgehead atoms. The van der Waals surface area contributed by atoms with E-state index in [0.29, 0.717) is 25.5 Å². The fraction of sp³-hybridized carbons (Fsp3) is 0.667. The highest BCUT2D eigenvalue weighted by atomic mass is 16.5. The number of methoxy groups -OCH3 is 1. The average Bonchev–Trinajstić information content (AvgIpc) is 2.35. The van der Waals surface area contributed by atoms with Gasteiger partial charge in [-0.1, -0.05) is 6.92 Å². The molecule has 18 heavy (non-hydrogen) atoms. The van der Waals surface area contributed by atoms with Crippen molar-refractivity contribution >= 4 is 5.82 Å². The summed E-state index contributed by atoms with van der Waals surface area (Å²) in [6.07, 6.45) is 4.97. The number of aromatic nitrogens is 2. The van der Waals surface area contributed by atoms with E-state index in [4.69, 9.17) is 10.5 Å². The number of ether oxygens (including phenoxy) is 1. The highest BCUT2D eigenvalue weighted by Crippen LogP contribution is 2.01. The first-order valence-corrected chi connectivity index (χ1v) is 6.23. The molecular weight excluding hydrogens is 232 g/mol. The smallest absolute Gasteiger partial charge is 0.293 e. The lowest BCUT2D eigenvalue weighted by molar-refractivity contribution is 0.183. The second-order valence-corrected chi connectivity index (χ2v) is 4.15. The third kappa shape index (κ3) is 4.12. The number of hydrogen-bond acceptors (Lipinski definition) is 5. The third-order valence-corrected chi connectivity index (χ3v) is 2.60. The summed E-state index contributed by atoms with van der Waals surface area (Å²) in [6, 6.07) is 0.0117. The van der Waals surface area contributed by atoms with Crippen molar-refractivity contribution in [2.45, 2.75) is 32.4 Å². The van der Waals surface area contributed by atoms with Gasteiger partial charge in [0.15, 0.2) is 5.82 Å². The van der Waals surface area contributed by atoms with E-state index in [-0.39, 0.29) is 11.6 Å². The predicted octanol–water partition coefficient (Wildman–Crippen LogP) is 0.429. The zero-order valence-corrected chi connectivity index (χ0v) is 11.1. The molecule has 0 aromatic carbocycles. The molecule has 0 amide bonds. The number of aryl methyl sites for hydroxylation is 1. The van der Waals surface area contributed by atoms with Crippen LogP contribution in [0, 0.1) is 0 Å². The van der Waals surface area contributed by atoms with E-state index >= 15 is 0 Å². The van der Waals surface area contributed by atoms with Crippen molar-refractivity contribution in [3.63, 3.8) is 0 Å². The van der Waals surface area contributed by atoms with Crippen molar-refractivity contribution in [1.29, 1.82) is 0 Å². The SMILES string of the molecule is CCCn1ccnc(NC(CCN)COC)c1=O. The zero-order valence-electron chi connectivity index (χ0n) is 11.1. The molecule has 3 N–H and O–H groups in total. The number of nitrogens with zero attached hydrogens (tertiary/aromatic N) is 2. The lowest BCUT2D eigenvalue weighted by Gasteiger charge is -2.17. The van der Waals surface area contributed by atoms with Gasteiger partial charge in [0.05, 0.1) is 12.6 Å². The molecule has 0 fully saturated rings. The Bertz CT molecular complexity index is 399. The molecular formula is C12H22N4O2. The molecule has 6 nitrogen and oxygen atoms in total. The molecule has 6 heteroatoms. The molecule has 1 unspecified atom stereocenters. The Morgan fingerprint density at radius 1 is 1.61 bits per heavy atom. The summed E-state index contributed by atoms with van der Waals surface area (Å²) in [4.78, 5) is 16.2. The summed E-state index contributed by atoms with van der Waals surface area (Å²) in [7, 11) is 1.62. The van der Waals surface area contributed by atoms with Gasteiger partial charge in [-0.15, -0.1) is 0 Å². The minimum atomic E-state index is -0.0996. The first-order valence-electron chi connectivity index (χ1n) is 6.23. The van der Waals surface area contributed by atoms with Gasteiger partial charge in [0, 0.05) is 26.0 Å². The van der Waals surface area contributed by atoms with Gasteiger partial charge in [-0.05, 0) is 19.4 Å². The summed E-state index contributed by atoms with van der Waals surface area (Å²) in [5.74, 6) is 0.362. The van der Waals surface area contributed by atoms with Crippen LogP contribution in [-0.2, 0) is 11.3 Å². The van der Waals surface area contributed by atoms with E-state index in [1.54, 1.807) is 24.1 Å². The van der Waals surface area contributed by atoms with Crippen molar-refractivity contribution in [3.05, 3.63) is 22.7 Å². The number of rotatable bonds is 8. The van der Waals surface area contributed by atoms with Gasteiger partial charge < -0.3 is 20.4 Å². The molecule has 1 aromatic rings. The van der Waals surface area contributed by atoms with Crippen LogP contribution < -0.4 is 16.6 Å². The number of hydrogen-bond donors (Lipinski definition) is 2. The Hall–Kier alpha value is -1.40. The average molecular weight is 254 g/mol. The highest BCUT2D eigenvalue weighted by molar-refractivity contribution is 5.32. The van der Waals surface area contributed by atoms with Gasteiger partial charge in [-0.2, -0.15) is 0 Å². The fourth-order valence-electron chi connectivity index (χ4n) is 1.76. The summed E-state index contributed by atoms with van der Waals surface area (Å²) in [5, 5.41) is 3.10. The molecule has 0 saturated heterocycles. The Labute approximate surface area is 107 Å². The van der Waals surface area contributed by atoms with Crippen LogP contribution >= 0.6 is 0 Å². The molecule has 1 rings (SSSR count). The van der Waals surface area contributed by atoms with Crippen molar-refractivity contribution < 1.29 is 4.74 Å². The maximum absolute atomic E-state index is 12.1. The van der Waals surface area contributed by atoms with Crippen LogP contribution in [0.5, 0.6) is 0 Å². The molecule has 1 atom stereocenters. The molecule has 0 aliphatic heterocycles. The zero-order chi connectivity index (χ0) is 13.4. The molecule has 0 radical (unpaired) electrons. The lowest BCUT2D eigenvalue weighted by Crippen LogP contribution is -2.33. The molecule has 102 valence electrons. The first kappa shape index (κ1) is 14.7. The molecule has 0 spiro atoms. The van der Waals surface area contributed by atoms with Crippen molar-refractivity contribution in [2.75, 3.05) is 25.6 Å². The molecule has 1 aromatic heterocycles. The minimum absolute atomic E-state index is 0.0117.